The number of aromatic nitrogens is 3. The van der Waals surface area contributed by atoms with E-state index in [-0.39, 0.29) is 5.41 Å². The van der Waals surface area contributed by atoms with Gasteiger partial charge in [-0.25, -0.2) is 15.0 Å². The van der Waals surface area contributed by atoms with E-state index in [1.807, 2.05) is 18.2 Å². The van der Waals surface area contributed by atoms with E-state index in [1.165, 1.54) is 55.3 Å². The molecule has 0 N–H and O–H groups in total. The molecule has 0 spiro atoms. The van der Waals surface area contributed by atoms with Gasteiger partial charge in [0, 0.05) is 22.1 Å². The third-order valence-corrected chi connectivity index (χ3v) is 9.58. The molecule has 9 rings (SSSR count). The molecule has 208 valence electrons. The summed E-state index contributed by atoms with van der Waals surface area (Å²) in [5.74, 6) is 2.07. The molecular formula is C41H29N3. The molecule has 0 aliphatic heterocycles. The second-order valence-electron chi connectivity index (χ2n) is 12.4. The lowest BCUT2D eigenvalue weighted by Gasteiger charge is -2.21. The van der Waals surface area contributed by atoms with Gasteiger partial charge in [0.25, 0.3) is 0 Å². The Labute approximate surface area is 257 Å². The van der Waals surface area contributed by atoms with Crippen LogP contribution in [0.1, 0.15) is 36.1 Å². The molecule has 0 unspecified atom stereocenters. The van der Waals surface area contributed by atoms with Crippen LogP contribution in [0.3, 0.4) is 0 Å². The summed E-state index contributed by atoms with van der Waals surface area (Å²) in [5, 5.41) is 2.43. The fourth-order valence-electron chi connectivity index (χ4n) is 7.39. The number of nitrogens with zero attached hydrogens (tertiary/aromatic N) is 3. The molecule has 0 radical (unpaired) electrons. The van der Waals surface area contributed by atoms with Crippen molar-refractivity contribution in [1.82, 2.24) is 15.0 Å². The lowest BCUT2D eigenvalue weighted by Crippen LogP contribution is -2.15. The highest BCUT2D eigenvalue weighted by Crippen LogP contribution is 2.49. The maximum Gasteiger partial charge on any atom is 0.164 e. The van der Waals surface area contributed by atoms with Crippen LogP contribution in [0.15, 0.2) is 127 Å². The third kappa shape index (κ3) is 3.66. The van der Waals surface area contributed by atoms with Gasteiger partial charge >= 0.3 is 0 Å². The molecule has 2 aliphatic carbocycles. The fourth-order valence-corrected chi connectivity index (χ4v) is 7.39. The zero-order chi connectivity index (χ0) is 29.4. The molecule has 0 atom stereocenters. The van der Waals surface area contributed by atoms with Gasteiger partial charge in [0.05, 0.1) is 0 Å². The van der Waals surface area contributed by atoms with Crippen molar-refractivity contribution < 1.29 is 0 Å². The van der Waals surface area contributed by atoms with Gasteiger partial charge in [-0.15, -0.1) is 0 Å². The molecule has 0 amide bonds. The molecule has 0 saturated heterocycles. The predicted molar refractivity (Wildman–Crippen MR) is 179 cm³/mol. The average molecular weight is 564 g/mol. The minimum atomic E-state index is -0.106. The Kier molecular flexibility index (Phi) is 5.31. The van der Waals surface area contributed by atoms with Crippen molar-refractivity contribution in [1.29, 1.82) is 0 Å². The first-order valence-corrected chi connectivity index (χ1v) is 15.3. The summed E-state index contributed by atoms with van der Waals surface area (Å²) >= 11 is 0. The summed E-state index contributed by atoms with van der Waals surface area (Å²) in [5.41, 5.74) is 13.5. The monoisotopic (exact) mass is 563 g/mol. The van der Waals surface area contributed by atoms with Crippen LogP contribution in [0.25, 0.3) is 67.2 Å². The van der Waals surface area contributed by atoms with E-state index in [0.717, 1.165) is 23.1 Å². The highest BCUT2D eigenvalue weighted by Gasteiger charge is 2.35. The quantitative estimate of drug-likeness (QED) is 0.215. The molecule has 7 aromatic rings. The van der Waals surface area contributed by atoms with Crippen molar-refractivity contribution >= 4 is 10.8 Å². The zero-order valence-corrected chi connectivity index (χ0v) is 24.7. The Hall–Kier alpha value is -5.41. The van der Waals surface area contributed by atoms with Gasteiger partial charge in [-0.05, 0) is 67.8 Å². The van der Waals surface area contributed by atoms with Crippen molar-refractivity contribution in [3.8, 4) is 56.4 Å². The lowest BCUT2D eigenvalue weighted by atomic mass is 9.82. The summed E-state index contributed by atoms with van der Waals surface area (Å²) in [6.45, 7) is 4.62. The van der Waals surface area contributed by atoms with Gasteiger partial charge in [-0.2, -0.15) is 0 Å². The molecular weight excluding hydrogens is 534 g/mol. The maximum absolute atomic E-state index is 5.22. The van der Waals surface area contributed by atoms with Crippen molar-refractivity contribution in [3.05, 3.63) is 150 Å². The second kappa shape index (κ2) is 9.29. The van der Waals surface area contributed by atoms with E-state index in [0.29, 0.717) is 17.5 Å². The highest BCUT2D eigenvalue weighted by molar-refractivity contribution is 6.03. The predicted octanol–water partition coefficient (Wildman–Crippen LogP) is 9.90. The molecule has 0 fully saturated rings. The summed E-state index contributed by atoms with van der Waals surface area (Å²) in [6.07, 6.45) is 0.907. The van der Waals surface area contributed by atoms with Gasteiger partial charge in [-0.3, -0.25) is 0 Å². The summed E-state index contributed by atoms with van der Waals surface area (Å²) in [4.78, 5) is 15.4. The molecule has 3 nitrogen and oxygen atoms in total. The maximum atomic E-state index is 5.22. The Morgan fingerprint density at radius 2 is 1.14 bits per heavy atom. The molecule has 2 aliphatic rings. The molecule has 44 heavy (non-hydrogen) atoms. The molecule has 0 bridgehead atoms. The van der Waals surface area contributed by atoms with E-state index >= 15 is 0 Å². The topological polar surface area (TPSA) is 38.7 Å². The Balaban J connectivity index is 1.27. The first-order valence-electron chi connectivity index (χ1n) is 15.3. The first kappa shape index (κ1) is 25.1. The molecule has 0 saturated carbocycles. The van der Waals surface area contributed by atoms with E-state index in [4.69, 9.17) is 15.0 Å². The van der Waals surface area contributed by atoms with Gasteiger partial charge in [0.1, 0.15) is 0 Å². The van der Waals surface area contributed by atoms with Crippen LogP contribution in [0.4, 0.5) is 0 Å². The third-order valence-electron chi connectivity index (χ3n) is 9.58. The van der Waals surface area contributed by atoms with Crippen LogP contribution in [-0.2, 0) is 11.8 Å². The molecule has 6 aromatic carbocycles. The van der Waals surface area contributed by atoms with Crippen molar-refractivity contribution in [2.75, 3.05) is 0 Å². The zero-order valence-electron chi connectivity index (χ0n) is 24.7. The lowest BCUT2D eigenvalue weighted by molar-refractivity contribution is 0.660. The van der Waals surface area contributed by atoms with E-state index in [9.17, 15) is 0 Å². The number of hydrogen-bond donors (Lipinski definition) is 0. The average Bonchev–Trinajstić information content (AvgIpc) is 3.57. The normalized spacial score (nSPS) is 13.8. The Morgan fingerprint density at radius 3 is 2.00 bits per heavy atom. The van der Waals surface area contributed by atoms with Crippen LogP contribution < -0.4 is 0 Å². The largest absolute Gasteiger partial charge is 0.208 e. The molecule has 1 aromatic heterocycles. The molecule has 3 heteroatoms. The van der Waals surface area contributed by atoms with Crippen molar-refractivity contribution in [2.45, 2.75) is 25.7 Å². The number of hydrogen-bond acceptors (Lipinski definition) is 3. The smallest absolute Gasteiger partial charge is 0.164 e. The van der Waals surface area contributed by atoms with E-state index < -0.39 is 0 Å². The van der Waals surface area contributed by atoms with Crippen LogP contribution in [-0.4, -0.2) is 15.0 Å². The van der Waals surface area contributed by atoms with E-state index in [1.54, 1.807) is 0 Å². The van der Waals surface area contributed by atoms with Crippen molar-refractivity contribution in [3.63, 3.8) is 0 Å². The summed E-state index contributed by atoms with van der Waals surface area (Å²) in [7, 11) is 0. The molecule has 1 heterocycles. The van der Waals surface area contributed by atoms with Crippen LogP contribution in [0.5, 0.6) is 0 Å². The van der Waals surface area contributed by atoms with Crippen LogP contribution in [0.2, 0.25) is 0 Å². The number of fused-ring (bicyclic) bond motifs is 8. The van der Waals surface area contributed by atoms with Gasteiger partial charge < -0.3 is 0 Å². The fraction of sp³-hybridized carbons (Fsp3) is 0.0976. The SMILES string of the molecule is CC1(C)c2ccccc2-c2ccc(-c3nc(-c4ccccc4)nc(-c4cccc5ccc6c(c45)Cc4ccccc4-6)n3)cc21. The standard InChI is InChI=1S/C41H29N3/c1-41(2)35-18-9-8-16-31(35)32-22-20-28(24-36(32)41)39-42-38(26-11-4-3-5-12-26)43-40(44-39)33-17-10-14-25-19-21-30-29-15-7-6-13-27(29)23-34(30)37(25)33/h3-22,24H,23H2,1-2H3. The number of rotatable bonds is 3. The Morgan fingerprint density at radius 1 is 0.477 bits per heavy atom. The summed E-state index contributed by atoms with van der Waals surface area (Å²) in [6, 6.07) is 45.4. The van der Waals surface area contributed by atoms with Crippen molar-refractivity contribution in [2.24, 2.45) is 0 Å². The first-order chi connectivity index (χ1) is 21.6. The second-order valence-corrected chi connectivity index (χ2v) is 12.4. The number of benzene rings is 6. The van der Waals surface area contributed by atoms with Gasteiger partial charge in [-0.1, -0.05) is 135 Å². The minimum absolute atomic E-state index is 0.106. The minimum Gasteiger partial charge on any atom is -0.208 e. The summed E-state index contributed by atoms with van der Waals surface area (Å²) < 4.78 is 0. The highest BCUT2D eigenvalue weighted by atomic mass is 15.0. The van der Waals surface area contributed by atoms with Gasteiger partial charge in [0.2, 0.25) is 0 Å². The van der Waals surface area contributed by atoms with Crippen LogP contribution >= 0.6 is 0 Å². The van der Waals surface area contributed by atoms with Crippen LogP contribution in [0, 0.1) is 0 Å². The van der Waals surface area contributed by atoms with E-state index in [2.05, 4.69) is 123 Å². The Bertz CT molecular complexity index is 2280. The van der Waals surface area contributed by atoms with Gasteiger partial charge in [0.15, 0.2) is 17.5 Å².